The first-order valence-corrected chi connectivity index (χ1v) is 8.52. The van der Waals surface area contributed by atoms with Gasteiger partial charge in [0.1, 0.15) is 18.0 Å². The molecule has 1 aromatic heterocycles. The van der Waals surface area contributed by atoms with E-state index in [0.717, 1.165) is 37.0 Å². The fraction of sp³-hybridized carbons (Fsp3) is 0.444. The second-order valence-electron chi connectivity index (χ2n) is 5.93. The molecule has 1 fully saturated rings. The molecule has 6 nitrogen and oxygen atoms in total. The van der Waals surface area contributed by atoms with Gasteiger partial charge in [0.2, 0.25) is 0 Å². The Bertz CT molecular complexity index is 626. The number of nitrogens with zero attached hydrogens (tertiary/aromatic N) is 3. The topological polar surface area (TPSA) is 62.3 Å². The van der Waals surface area contributed by atoms with E-state index in [1.165, 1.54) is 24.9 Å². The van der Waals surface area contributed by atoms with Crippen LogP contribution in [-0.4, -0.2) is 43.3 Å². The van der Waals surface area contributed by atoms with Crippen molar-refractivity contribution in [2.24, 2.45) is 0 Å². The second kappa shape index (κ2) is 8.49. The number of hydrogen-bond donors (Lipinski definition) is 2. The van der Waals surface area contributed by atoms with Crippen molar-refractivity contribution in [3.05, 3.63) is 36.7 Å². The molecule has 128 valence electrons. The Kier molecular flexibility index (Phi) is 5.85. The van der Waals surface area contributed by atoms with Crippen LogP contribution in [0.5, 0.6) is 0 Å². The van der Waals surface area contributed by atoms with Crippen LogP contribution >= 0.6 is 0 Å². The highest BCUT2D eigenvalue weighted by molar-refractivity contribution is 5.62. The van der Waals surface area contributed by atoms with Gasteiger partial charge in [0.15, 0.2) is 0 Å². The first-order valence-electron chi connectivity index (χ1n) is 8.52. The van der Waals surface area contributed by atoms with Crippen molar-refractivity contribution in [3.8, 4) is 0 Å². The minimum Gasteiger partial charge on any atom is -0.383 e. The van der Waals surface area contributed by atoms with Gasteiger partial charge in [-0.05, 0) is 43.5 Å². The number of rotatable bonds is 7. The number of ether oxygens (including phenoxy) is 1. The number of methoxy groups -OCH3 is 1. The standard InChI is InChI=1S/C18H25N5O/c1-24-12-9-19-17-13-18(21-14-20-17)22-15-5-7-16(8-6-15)23-10-3-2-4-11-23/h5-8,13-14H,2-4,9-12H2,1H3,(H2,19,20,21,22). The van der Waals surface area contributed by atoms with Crippen molar-refractivity contribution in [3.63, 3.8) is 0 Å². The number of anilines is 4. The zero-order chi connectivity index (χ0) is 16.6. The van der Waals surface area contributed by atoms with Crippen molar-refractivity contribution in [1.29, 1.82) is 0 Å². The monoisotopic (exact) mass is 327 g/mol. The molecular weight excluding hydrogens is 302 g/mol. The van der Waals surface area contributed by atoms with Gasteiger partial charge in [-0.1, -0.05) is 0 Å². The van der Waals surface area contributed by atoms with Gasteiger partial charge in [-0.3, -0.25) is 0 Å². The summed E-state index contributed by atoms with van der Waals surface area (Å²) in [7, 11) is 1.68. The van der Waals surface area contributed by atoms with E-state index in [9.17, 15) is 0 Å². The number of piperidine rings is 1. The minimum absolute atomic E-state index is 0.644. The maximum absolute atomic E-state index is 5.03. The normalized spacial score (nSPS) is 14.5. The predicted octanol–water partition coefficient (Wildman–Crippen LogP) is 3.27. The highest BCUT2D eigenvalue weighted by Gasteiger charge is 2.10. The zero-order valence-electron chi connectivity index (χ0n) is 14.2. The summed E-state index contributed by atoms with van der Waals surface area (Å²) in [4.78, 5) is 10.9. The Morgan fingerprint density at radius 1 is 1.04 bits per heavy atom. The van der Waals surface area contributed by atoms with E-state index >= 15 is 0 Å². The molecule has 1 aliphatic rings. The average Bonchev–Trinajstić information content (AvgIpc) is 2.64. The number of aromatic nitrogens is 2. The van der Waals surface area contributed by atoms with E-state index in [0.29, 0.717) is 6.61 Å². The first kappa shape index (κ1) is 16.5. The molecule has 0 radical (unpaired) electrons. The highest BCUT2D eigenvalue weighted by Crippen LogP contribution is 2.23. The van der Waals surface area contributed by atoms with Gasteiger partial charge in [-0.15, -0.1) is 0 Å². The predicted molar refractivity (Wildman–Crippen MR) is 98.2 cm³/mol. The van der Waals surface area contributed by atoms with Crippen LogP contribution in [0.1, 0.15) is 19.3 Å². The molecule has 0 saturated carbocycles. The Hall–Kier alpha value is -2.34. The number of nitrogens with one attached hydrogen (secondary N) is 2. The third-order valence-corrected chi connectivity index (χ3v) is 4.14. The van der Waals surface area contributed by atoms with Gasteiger partial charge >= 0.3 is 0 Å². The maximum Gasteiger partial charge on any atom is 0.135 e. The van der Waals surface area contributed by atoms with Crippen LogP contribution in [0.3, 0.4) is 0 Å². The van der Waals surface area contributed by atoms with Crippen LogP contribution in [0.15, 0.2) is 36.7 Å². The van der Waals surface area contributed by atoms with Crippen molar-refractivity contribution in [1.82, 2.24) is 9.97 Å². The van der Waals surface area contributed by atoms with E-state index in [1.807, 2.05) is 6.07 Å². The van der Waals surface area contributed by atoms with Crippen LogP contribution in [0.2, 0.25) is 0 Å². The lowest BCUT2D eigenvalue weighted by Gasteiger charge is -2.28. The van der Waals surface area contributed by atoms with Crippen LogP contribution in [0, 0.1) is 0 Å². The van der Waals surface area contributed by atoms with Crippen LogP contribution in [-0.2, 0) is 4.74 Å². The Morgan fingerprint density at radius 3 is 2.54 bits per heavy atom. The molecule has 0 amide bonds. The summed E-state index contributed by atoms with van der Waals surface area (Å²) in [5.41, 5.74) is 2.32. The van der Waals surface area contributed by atoms with E-state index < -0.39 is 0 Å². The van der Waals surface area contributed by atoms with Gasteiger partial charge in [0, 0.05) is 44.2 Å². The molecule has 0 atom stereocenters. The second-order valence-corrected chi connectivity index (χ2v) is 5.93. The fourth-order valence-corrected chi connectivity index (χ4v) is 2.86. The quantitative estimate of drug-likeness (QED) is 0.761. The molecule has 0 bridgehead atoms. The molecule has 0 spiro atoms. The summed E-state index contributed by atoms with van der Waals surface area (Å²) < 4.78 is 5.03. The molecule has 0 unspecified atom stereocenters. The summed E-state index contributed by atoms with van der Waals surface area (Å²) in [5, 5.41) is 6.53. The van der Waals surface area contributed by atoms with Crippen LogP contribution < -0.4 is 15.5 Å². The molecule has 6 heteroatoms. The van der Waals surface area contributed by atoms with Crippen LogP contribution in [0.4, 0.5) is 23.0 Å². The molecule has 2 heterocycles. The molecule has 24 heavy (non-hydrogen) atoms. The van der Waals surface area contributed by atoms with Crippen molar-refractivity contribution in [2.75, 3.05) is 48.9 Å². The van der Waals surface area contributed by atoms with E-state index in [1.54, 1.807) is 13.4 Å². The molecule has 1 aliphatic heterocycles. The molecule has 2 N–H and O–H groups in total. The molecule has 1 saturated heterocycles. The van der Waals surface area contributed by atoms with E-state index in [-0.39, 0.29) is 0 Å². The molecule has 0 aliphatic carbocycles. The lowest BCUT2D eigenvalue weighted by atomic mass is 10.1. The maximum atomic E-state index is 5.03. The van der Waals surface area contributed by atoms with E-state index in [4.69, 9.17) is 4.74 Å². The van der Waals surface area contributed by atoms with Crippen molar-refractivity contribution in [2.45, 2.75) is 19.3 Å². The summed E-state index contributed by atoms with van der Waals surface area (Å²) >= 11 is 0. The lowest BCUT2D eigenvalue weighted by Crippen LogP contribution is -2.29. The average molecular weight is 327 g/mol. The number of hydrogen-bond acceptors (Lipinski definition) is 6. The highest BCUT2D eigenvalue weighted by atomic mass is 16.5. The van der Waals surface area contributed by atoms with Crippen molar-refractivity contribution >= 4 is 23.0 Å². The van der Waals surface area contributed by atoms with Gasteiger partial charge in [-0.25, -0.2) is 9.97 Å². The summed E-state index contributed by atoms with van der Waals surface area (Å²) in [6.07, 6.45) is 5.49. The molecule has 2 aromatic rings. The Labute approximate surface area is 143 Å². The molecule has 1 aromatic carbocycles. The van der Waals surface area contributed by atoms with Crippen molar-refractivity contribution < 1.29 is 4.74 Å². The first-order chi connectivity index (χ1) is 11.8. The summed E-state index contributed by atoms with van der Waals surface area (Å²) in [6, 6.07) is 10.4. The third kappa shape index (κ3) is 4.58. The van der Waals surface area contributed by atoms with Gasteiger partial charge < -0.3 is 20.3 Å². The lowest BCUT2D eigenvalue weighted by molar-refractivity contribution is 0.210. The van der Waals surface area contributed by atoms with Crippen LogP contribution in [0.25, 0.3) is 0 Å². The molecule has 3 rings (SSSR count). The Morgan fingerprint density at radius 2 is 1.79 bits per heavy atom. The number of benzene rings is 1. The Balaban J connectivity index is 1.60. The zero-order valence-corrected chi connectivity index (χ0v) is 14.2. The fourth-order valence-electron chi connectivity index (χ4n) is 2.86. The van der Waals surface area contributed by atoms with Gasteiger partial charge in [0.05, 0.1) is 6.61 Å². The van der Waals surface area contributed by atoms with Gasteiger partial charge in [0.25, 0.3) is 0 Å². The largest absolute Gasteiger partial charge is 0.383 e. The van der Waals surface area contributed by atoms with Gasteiger partial charge in [-0.2, -0.15) is 0 Å². The summed E-state index contributed by atoms with van der Waals surface area (Å²) in [5.74, 6) is 1.56. The third-order valence-electron chi connectivity index (χ3n) is 4.14. The minimum atomic E-state index is 0.644. The SMILES string of the molecule is COCCNc1cc(Nc2ccc(N3CCCCC3)cc2)ncn1. The van der Waals surface area contributed by atoms with E-state index in [2.05, 4.69) is 49.8 Å². The smallest absolute Gasteiger partial charge is 0.135 e. The summed E-state index contributed by atoms with van der Waals surface area (Å²) in [6.45, 7) is 3.69. The molecular formula is C18H25N5O.